The molecule has 2 aliphatic carbocycles. The van der Waals surface area contributed by atoms with Crippen molar-refractivity contribution in [1.29, 1.82) is 0 Å². The first-order valence-corrected chi connectivity index (χ1v) is 9.52. The van der Waals surface area contributed by atoms with Crippen molar-refractivity contribution in [2.45, 2.75) is 6.42 Å². The molecule has 1 aromatic carbocycles. The van der Waals surface area contributed by atoms with Gasteiger partial charge in [-0.3, -0.25) is 9.59 Å². The number of carboxylic acid groups (broad SMARTS) is 1. The van der Waals surface area contributed by atoms with Gasteiger partial charge in [-0.15, -0.1) is 0 Å². The van der Waals surface area contributed by atoms with E-state index in [-0.39, 0.29) is 41.2 Å². The number of carbonyl (C=O) groups excluding carboxylic acids is 2. The molecule has 1 aromatic rings. The average molecular weight is 449 g/mol. The molecule has 0 radical (unpaired) electrons. The maximum atomic E-state index is 12.6. The van der Waals surface area contributed by atoms with Gasteiger partial charge in [0.1, 0.15) is 0 Å². The predicted molar refractivity (Wildman–Crippen MR) is 101 cm³/mol. The second kappa shape index (κ2) is 7.05. The zero-order valence-electron chi connectivity index (χ0n) is 14.9. The van der Waals surface area contributed by atoms with E-state index in [1.165, 1.54) is 13.3 Å². The minimum Gasteiger partial charge on any atom is -0.493 e. The molecule has 4 atom stereocenters. The summed E-state index contributed by atoms with van der Waals surface area (Å²) >= 11 is 3.31. The van der Waals surface area contributed by atoms with Crippen LogP contribution in [-0.4, -0.2) is 47.8 Å². The summed E-state index contributed by atoms with van der Waals surface area (Å²) < 4.78 is 10.9. The van der Waals surface area contributed by atoms with E-state index in [4.69, 9.17) is 14.6 Å². The number of hydrogen-bond acceptors (Lipinski definition) is 6. The molecule has 146 valence electrons. The van der Waals surface area contributed by atoms with Gasteiger partial charge in [-0.2, -0.15) is 10.1 Å². The maximum Gasteiger partial charge on any atom is 0.341 e. The van der Waals surface area contributed by atoms with Gasteiger partial charge in [0.15, 0.2) is 18.1 Å². The maximum absolute atomic E-state index is 12.6. The lowest BCUT2D eigenvalue weighted by Crippen LogP contribution is -2.28. The summed E-state index contributed by atoms with van der Waals surface area (Å²) in [5, 5.41) is 13.9. The Morgan fingerprint density at radius 2 is 1.93 bits per heavy atom. The third-order valence-corrected chi connectivity index (χ3v) is 5.95. The van der Waals surface area contributed by atoms with Crippen LogP contribution in [-0.2, 0) is 14.4 Å². The number of halogens is 1. The normalized spacial score (nSPS) is 27.7. The molecule has 0 spiro atoms. The third-order valence-electron chi connectivity index (χ3n) is 5.36. The van der Waals surface area contributed by atoms with E-state index < -0.39 is 12.6 Å². The van der Waals surface area contributed by atoms with Gasteiger partial charge >= 0.3 is 5.97 Å². The molecule has 1 heterocycles. The minimum absolute atomic E-state index is 0.131. The van der Waals surface area contributed by atoms with E-state index in [1.54, 1.807) is 12.1 Å². The topological polar surface area (TPSA) is 106 Å². The van der Waals surface area contributed by atoms with Gasteiger partial charge in [0, 0.05) is 0 Å². The molecule has 1 saturated heterocycles. The van der Waals surface area contributed by atoms with Crippen LogP contribution in [0.1, 0.15) is 12.0 Å². The molecule has 2 amide bonds. The first-order chi connectivity index (χ1) is 13.4. The highest BCUT2D eigenvalue weighted by atomic mass is 79.9. The molecule has 0 aromatic heterocycles. The highest BCUT2D eigenvalue weighted by Crippen LogP contribution is 2.52. The molecular weight excluding hydrogens is 432 g/mol. The summed E-state index contributed by atoms with van der Waals surface area (Å²) in [5.41, 5.74) is 0.560. The van der Waals surface area contributed by atoms with E-state index in [2.05, 4.69) is 21.0 Å². The quantitative estimate of drug-likeness (QED) is 0.405. The number of aliphatic carboxylic acids is 1. The summed E-state index contributed by atoms with van der Waals surface area (Å²) in [7, 11) is 1.42. The van der Waals surface area contributed by atoms with Crippen LogP contribution in [0.4, 0.5) is 0 Å². The summed E-state index contributed by atoms with van der Waals surface area (Å²) in [6.45, 7) is -0.516. The van der Waals surface area contributed by atoms with Crippen LogP contribution in [0.5, 0.6) is 11.5 Å². The van der Waals surface area contributed by atoms with E-state index in [0.29, 0.717) is 15.8 Å². The summed E-state index contributed by atoms with van der Waals surface area (Å²) in [6, 6.07) is 3.23. The van der Waals surface area contributed by atoms with E-state index in [0.717, 1.165) is 11.4 Å². The fourth-order valence-corrected chi connectivity index (χ4v) is 4.79. The molecule has 4 rings (SSSR count). The monoisotopic (exact) mass is 448 g/mol. The Morgan fingerprint density at radius 3 is 2.50 bits per heavy atom. The third kappa shape index (κ3) is 2.99. The van der Waals surface area contributed by atoms with Crippen molar-refractivity contribution >= 4 is 39.9 Å². The highest BCUT2D eigenvalue weighted by molar-refractivity contribution is 9.10. The SMILES string of the molecule is COc1cc(C=NN2C(=O)C3C4C=CC(C4)C3C2=O)cc(Br)c1OCC(=O)O. The molecule has 9 heteroatoms. The molecule has 1 N–H and O–H groups in total. The number of carbonyl (C=O) groups is 3. The van der Waals surface area contributed by atoms with Crippen LogP contribution >= 0.6 is 15.9 Å². The number of fused-ring (bicyclic) bond motifs is 5. The number of nitrogens with zero attached hydrogens (tertiary/aromatic N) is 2. The minimum atomic E-state index is -1.11. The molecule has 4 unspecified atom stereocenters. The van der Waals surface area contributed by atoms with Crippen molar-refractivity contribution in [1.82, 2.24) is 5.01 Å². The number of imide groups is 1. The first kappa shape index (κ1) is 18.7. The lowest BCUT2D eigenvalue weighted by Gasteiger charge is -2.13. The number of benzene rings is 1. The predicted octanol–water partition coefficient (Wildman–Crippen LogP) is 2.06. The van der Waals surface area contributed by atoms with Gasteiger partial charge in [0.25, 0.3) is 11.8 Å². The van der Waals surface area contributed by atoms with E-state index >= 15 is 0 Å². The number of ether oxygens (including phenoxy) is 2. The second-order valence-corrected chi connectivity index (χ2v) is 7.80. The molecule has 1 aliphatic heterocycles. The van der Waals surface area contributed by atoms with Crippen molar-refractivity contribution in [3.05, 3.63) is 34.3 Å². The smallest absolute Gasteiger partial charge is 0.341 e. The molecule has 2 fully saturated rings. The van der Waals surface area contributed by atoms with Crippen molar-refractivity contribution in [3.63, 3.8) is 0 Å². The van der Waals surface area contributed by atoms with Crippen molar-refractivity contribution < 1.29 is 29.0 Å². The van der Waals surface area contributed by atoms with Crippen LogP contribution in [0.15, 0.2) is 33.9 Å². The Bertz CT molecular complexity index is 897. The molecule has 1 saturated carbocycles. The van der Waals surface area contributed by atoms with Crippen molar-refractivity contribution in [3.8, 4) is 11.5 Å². The Hall–Kier alpha value is -2.68. The number of hydrazone groups is 1. The van der Waals surface area contributed by atoms with Gasteiger partial charge in [-0.25, -0.2) is 4.79 Å². The second-order valence-electron chi connectivity index (χ2n) is 6.95. The summed E-state index contributed by atoms with van der Waals surface area (Å²) in [6.07, 6.45) is 6.33. The Balaban J connectivity index is 1.55. The summed E-state index contributed by atoms with van der Waals surface area (Å²) in [5.74, 6) is -1.41. The van der Waals surface area contributed by atoms with Crippen molar-refractivity contribution in [2.75, 3.05) is 13.7 Å². The van der Waals surface area contributed by atoms with E-state index in [9.17, 15) is 14.4 Å². The van der Waals surface area contributed by atoms with Crippen LogP contribution in [0.25, 0.3) is 0 Å². The van der Waals surface area contributed by atoms with Crippen LogP contribution in [0.3, 0.4) is 0 Å². The number of rotatable bonds is 6. The Kier molecular flexibility index (Phi) is 4.70. The molecular formula is C19H17BrN2O6. The number of hydrogen-bond donors (Lipinski definition) is 1. The number of allylic oxidation sites excluding steroid dienone is 2. The molecule has 2 bridgehead atoms. The zero-order chi connectivity index (χ0) is 20.0. The standard InChI is InChI=1S/C19H17BrN2O6/c1-27-13-5-9(4-12(20)17(13)28-8-14(23)24)7-21-22-18(25)15-10-2-3-11(6-10)16(15)19(22)26/h2-5,7,10-11,15-16H,6,8H2,1H3,(H,23,24). The van der Waals surface area contributed by atoms with Gasteiger partial charge in [0.05, 0.1) is 29.6 Å². The van der Waals surface area contributed by atoms with Gasteiger partial charge in [-0.1, -0.05) is 12.2 Å². The van der Waals surface area contributed by atoms with Crippen molar-refractivity contribution in [2.24, 2.45) is 28.8 Å². The Morgan fingerprint density at radius 1 is 1.29 bits per heavy atom. The lowest BCUT2D eigenvalue weighted by molar-refractivity contribution is -0.141. The average Bonchev–Trinajstić information content (AvgIpc) is 3.33. The van der Waals surface area contributed by atoms with Crippen LogP contribution in [0, 0.1) is 23.7 Å². The fourth-order valence-electron chi connectivity index (χ4n) is 4.21. The van der Waals surface area contributed by atoms with Crippen LogP contribution in [0.2, 0.25) is 0 Å². The zero-order valence-corrected chi connectivity index (χ0v) is 16.5. The van der Waals surface area contributed by atoms with E-state index in [1.807, 2.05) is 12.2 Å². The molecule has 3 aliphatic rings. The Labute approximate surface area is 168 Å². The first-order valence-electron chi connectivity index (χ1n) is 8.73. The van der Waals surface area contributed by atoms with Gasteiger partial charge in [-0.05, 0) is 51.9 Å². The molecule has 8 nitrogen and oxygen atoms in total. The summed E-state index contributed by atoms with van der Waals surface area (Å²) in [4.78, 5) is 36.0. The number of methoxy groups -OCH3 is 1. The largest absolute Gasteiger partial charge is 0.493 e. The number of amides is 2. The number of carboxylic acids is 1. The van der Waals surface area contributed by atoms with Crippen LogP contribution < -0.4 is 9.47 Å². The fraction of sp³-hybridized carbons (Fsp3) is 0.368. The highest BCUT2D eigenvalue weighted by Gasteiger charge is 2.59. The van der Waals surface area contributed by atoms with Gasteiger partial charge in [0.2, 0.25) is 0 Å². The lowest BCUT2D eigenvalue weighted by atomic mass is 9.85. The van der Waals surface area contributed by atoms with Gasteiger partial charge < -0.3 is 14.6 Å². The molecule has 28 heavy (non-hydrogen) atoms.